The maximum absolute atomic E-state index is 5.53. The number of furan rings is 1. The van der Waals surface area contributed by atoms with Crippen molar-refractivity contribution in [1.82, 2.24) is 0 Å². The van der Waals surface area contributed by atoms with E-state index in [1.54, 1.807) is 6.26 Å². The summed E-state index contributed by atoms with van der Waals surface area (Å²) in [6.45, 7) is 0.699. The molecule has 2 nitrogen and oxygen atoms in total. The smallest absolute Gasteiger partial charge is 0.134 e. The molecule has 1 unspecified atom stereocenters. The Morgan fingerprint density at radius 1 is 1.21 bits per heavy atom. The van der Waals surface area contributed by atoms with Crippen LogP contribution in [0.15, 0.2) is 47.1 Å². The highest BCUT2D eigenvalue weighted by Crippen LogP contribution is 2.31. The van der Waals surface area contributed by atoms with Crippen molar-refractivity contribution in [2.24, 2.45) is 0 Å². The van der Waals surface area contributed by atoms with Crippen LogP contribution in [0.2, 0.25) is 0 Å². The minimum atomic E-state index is 0.0682. The third kappa shape index (κ3) is 1.08. The number of rotatable bonds is 1. The Morgan fingerprint density at radius 3 is 3.00 bits per heavy atom. The highest BCUT2D eigenvalue weighted by Gasteiger charge is 2.17. The third-order valence-electron chi connectivity index (χ3n) is 2.50. The van der Waals surface area contributed by atoms with Crippen molar-refractivity contribution in [3.63, 3.8) is 0 Å². The van der Waals surface area contributed by atoms with Crippen LogP contribution >= 0.6 is 0 Å². The van der Waals surface area contributed by atoms with E-state index < -0.39 is 0 Å². The summed E-state index contributed by atoms with van der Waals surface area (Å²) in [5.41, 5.74) is 2.04. The molecule has 0 aliphatic carbocycles. The first-order chi connectivity index (χ1) is 6.95. The Labute approximate surface area is 81.8 Å². The van der Waals surface area contributed by atoms with Crippen LogP contribution in [0.25, 0.3) is 11.0 Å². The van der Waals surface area contributed by atoms with Crippen molar-refractivity contribution < 1.29 is 9.15 Å². The summed E-state index contributed by atoms with van der Waals surface area (Å²) >= 11 is 0. The van der Waals surface area contributed by atoms with Gasteiger partial charge in [-0.15, -0.1) is 0 Å². The molecule has 70 valence electrons. The van der Waals surface area contributed by atoms with Gasteiger partial charge in [0.1, 0.15) is 11.7 Å². The van der Waals surface area contributed by atoms with E-state index in [1.807, 2.05) is 24.3 Å². The van der Waals surface area contributed by atoms with E-state index in [0.717, 1.165) is 16.5 Å². The third-order valence-corrected chi connectivity index (χ3v) is 2.50. The molecule has 0 spiro atoms. The van der Waals surface area contributed by atoms with E-state index in [2.05, 4.69) is 12.1 Å². The fraction of sp³-hybridized carbons (Fsp3) is 0.167. The second kappa shape index (κ2) is 3.00. The maximum Gasteiger partial charge on any atom is 0.134 e. The van der Waals surface area contributed by atoms with Gasteiger partial charge in [0.25, 0.3) is 0 Å². The lowest BCUT2D eigenvalue weighted by atomic mass is 10.1. The van der Waals surface area contributed by atoms with Gasteiger partial charge in [0.05, 0.1) is 12.9 Å². The summed E-state index contributed by atoms with van der Waals surface area (Å²) in [6.07, 6.45) is 5.95. The number of hydrogen-bond donors (Lipinski definition) is 0. The normalized spacial score (nSPS) is 20.7. The molecule has 0 radical (unpaired) electrons. The monoisotopic (exact) mass is 186 g/mol. The fourth-order valence-corrected chi connectivity index (χ4v) is 1.81. The SMILES string of the molecule is C1=CC(c2coc3ccccc23)OC1. The van der Waals surface area contributed by atoms with Gasteiger partial charge in [-0.1, -0.05) is 30.4 Å². The van der Waals surface area contributed by atoms with Gasteiger partial charge < -0.3 is 9.15 Å². The van der Waals surface area contributed by atoms with Crippen LogP contribution in [0.4, 0.5) is 0 Å². The summed E-state index contributed by atoms with van der Waals surface area (Å²) in [7, 11) is 0. The molecular weight excluding hydrogens is 176 g/mol. The molecule has 2 heterocycles. The number of benzene rings is 1. The Morgan fingerprint density at radius 2 is 2.14 bits per heavy atom. The van der Waals surface area contributed by atoms with Crippen molar-refractivity contribution in [2.75, 3.05) is 6.61 Å². The van der Waals surface area contributed by atoms with Gasteiger partial charge in [-0.05, 0) is 6.07 Å². The van der Waals surface area contributed by atoms with Crippen LogP contribution in [-0.4, -0.2) is 6.61 Å². The van der Waals surface area contributed by atoms with Gasteiger partial charge in [0, 0.05) is 10.9 Å². The van der Waals surface area contributed by atoms with Gasteiger partial charge in [-0.25, -0.2) is 0 Å². The topological polar surface area (TPSA) is 22.4 Å². The molecule has 14 heavy (non-hydrogen) atoms. The molecule has 2 heteroatoms. The Balaban J connectivity index is 2.16. The molecule has 0 amide bonds. The zero-order valence-electron chi connectivity index (χ0n) is 7.64. The van der Waals surface area contributed by atoms with Crippen molar-refractivity contribution in [3.8, 4) is 0 Å². The van der Waals surface area contributed by atoms with Gasteiger partial charge in [0.2, 0.25) is 0 Å². The quantitative estimate of drug-likeness (QED) is 0.638. The summed E-state index contributed by atoms with van der Waals surface area (Å²) in [6, 6.07) is 8.02. The van der Waals surface area contributed by atoms with Gasteiger partial charge >= 0.3 is 0 Å². The summed E-state index contributed by atoms with van der Waals surface area (Å²) in [5.74, 6) is 0. The predicted octanol–water partition coefficient (Wildman–Crippen LogP) is 3.06. The number of fused-ring (bicyclic) bond motifs is 1. The van der Waals surface area contributed by atoms with Crippen LogP contribution in [0.1, 0.15) is 11.7 Å². The van der Waals surface area contributed by atoms with Gasteiger partial charge in [-0.3, -0.25) is 0 Å². The highest BCUT2D eigenvalue weighted by molar-refractivity contribution is 5.81. The first-order valence-electron chi connectivity index (χ1n) is 4.69. The molecule has 0 saturated carbocycles. The molecule has 1 aliphatic heterocycles. The molecule has 1 aromatic heterocycles. The van der Waals surface area contributed by atoms with E-state index in [1.165, 1.54) is 0 Å². The standard InChI is InChI=1S/C12H10O2/c1-2-5-11-9(4-1)10(8-14-11)12-6-3-7-13-12/h1-6,8,12H,7H2. The Kier molecular flexibility index (Phi) is 1.67. The first kappa shape index (κ1) is 7.83. The lowest BCUT2D eigenvalue weighted by Crippen LogP contribution is -1.93. The molecule has 1 aliphatic rings. The predicted molar refractivity (Wildman–Crippen MR) is 54.0 cm³/mol. The first-order valence-corrected chi connectivity index (χ1v) is 4.69. The van der Waals surface area contributed by atoms with E-state index in [0.29, 0.717) is 6.61 Å². The molecule has 1 atom stereocenters. The minimum absolute atomic E-state index is 0.0682. The molecule has 2 aromatic rings. The second-order valence-corrected chi connectivity index (χ2v) is 3.37. The lowest BCUT2D eigenvalue weighted by molar-refractivity contribution is 0.130. The lowest BCUT2D eigenvalue weighted by Gasteiger charge is -2.04. The largest absolute Gasteiger partial charge is 0.464 e. The van der Waals surface area contributed by atoms with E-state index in [9.17, 15) is 0 Å². The number of hydrogen-bond acceptors (Lipinski definition) is 2. The molecular formula is C12H10O2. The summed E-state index contributed by atoms with van der Waals surface area (Å²) < 4.78 is 11.0. The van der Waals surface area contributed by atoms with Crippen molar-refractivity contribution in [2.45, 2.75) is 6.10 Å². The zero-order chi connectivity index (χ0) is 9.38. The van der Waals surface area contributed by atoms with E-state index in [4.69, 9.17) is 9.15 Å². The molecule has 3 rings (SSSR count). The highest BCUT2D eigenvalue weighted by atomic mass is 16.5. The average Bonchev–Trinajstić information content (AvgIpc) is 2.85. The maximum atomic E-state index is 5.53. The molecule has 0 bridgehead atoms. The van der Waals surface area contributed by atoms with Crippen LogP contribution in [-0.2, 0) is 4.74 Å². The minimum Gasteiger partial charge on any atom is -0.464 e. The van der Waals surface area contributed by atoms with Crippen molar-refractivity contribution in [3.05, 3.63) is 48.2 Å². The summed E-state index contributed by atoms with van der Waals surface area (Å²) in [4.78, 5) is 0. The Hall–Kier alpha value is -1.54. The van der Waals surface area contributed by atoms with Crippen LogP contribution in [0.3, 0.4) is 0 Å². The second-order valence-electron chi connectivity index (χ2n) is 3.37. The number of para-hydroxylation sites is 1. The summed E-state index contributed by atoms with van der Waals surface area (Å²) in [5, 5.41) is 1.14. The molecule has 1 aromatic carbocycles. The van der Waals surface area contributed by atoms with E-state index >= 15 is 0 Å². The van der Waals surface area contributed by atoms with Crippen LogP contribution in [0, 0.1) is 0 Å². The van der Waals surface area contributed by atoms with Crippen molar-refractivity contribution >= 4 is 11.0 Å². The van der Waals surface area contributed by atoms with Gasteiger partial charge in [0.15, 0.2) is 0 Å². The van der Waals surface area contributed by atoms with E-state index in [-0.39, 0.29) is 6.10 Å². The molecule has 0 saturated heterocycles. The van der Waals surface area contributed by atoms with Crippen LogP contribution in [0.5, 0.6) is 0 Å². The Bertz CT molecular complexity index is 482. The van der Waals surface area contributed by atoms with Crippen molar-refractivity contribution in [1.29, 1.82) is 0 Å². The fourth-order valence-electron chi connectivity index (χ4n) is 1.81. The number of ether oxygens (including phenoxy) is 1. The average molecular weight is 186 g/mol. The zero-order valence-corrected chi connectivity index (χ0v) is 7.64. The molecule has 0 N–H and O–H groups in total. The molecule has 0 fully saturated rings. The van der Waals surface area contributed by atoms with Gasteiger partial charge in [-0.2, -0.15) is 0 Å². The van der Waals surface area contributed by atoms with Crippen LogP contribution < -0.4 is 0 Å².